The van der Waals surface area contributed by atoms with E-state index in [-0.39, 0.29) is 0 Å². The standard InChI is InChI=1S/C13H28N2O/c1-12(2)14-8-5-4-6-9-15-10-7-13(11-15)16-3/h12-14H,4-11H2,1-3H3. The van der Waals surface area contributed by atoms with Crippen molar-refractivity contribution in [2.45, 2.75) is 51.7 Å². The summed E-state index contributed by atoms with van der Waals surface area (Å²) in [6, 6.07) is 0.626. The van der Waals surface area contributed by atoms with E-state index in [0.717, 1.165) is 6.54 Å². The molecule has 0 amide bonds. The second-order valence-electron chi connectivity index (χ2n) is 5.12. The summed E-state index contributed by atoms with van der Waals surface area (Å²) in [6.45, 7) is 9.19. The third kappa shape index (κ3) is 5.83. The van der Waals surface area contributed by atoms with Crippen LogP contribution in [-0.4, -0.2) is 50.3 Å². The van der Waals surface area contributed by atoms with Crippen molar-refractivity contribution < 1.29 is 4.74 Å². The molecule has 1 N–H and O–H groups in total. The van der Waals surface area contributed by atoms with Gasteiger partial charge in [0.1, 0.15) is 0 Å². The molecule has 3 nitrogen and oxygen atoms in total. The fourth-order valence-electron chi connectivity index (χ4n) is 2.22. The van der Waals surface area contributed by atoms with E-state index in [1.807, 2.05) is 7.11 Å². The van der Waals surface area contributed by atoms with Crippen LogP contribution >= 0.6 is 0 Å². The van der Waals surface area contributed by atoms with Crippen LogP contribution < -0.4 is 5.32 Å². The molecule has 1 rings (SSSR count). The van der Waals surface area contributed by atoms with Crippen molar-refractivity contribution in [3.63, 3.8) is 0 Å². The highest BCUT2D eigenvalue weighted by Crippen LogP contribution is 2.12. The average Bonchev–Trinajstić information content (AvgIpc) is 2.70. The van der Waals surface area contributed by atoms with E-state index in [1.165, 1.54) is 45.3 Å². The number of nitrogens with zero attached hydrogens (tertiary/aromatic N) is 1. The van der Waals surface area contributed by atoms with Gasteiger partial charge in [0.2, 0.25) is 0 Å². The highest BCUT2D eigenvalue weighted by Gasteiger charge is 2.20. The van der Waals surface area contributed by atoms with Gasteiger partial charge in [-0.25, -0.2) is 0 Å². The van der Waals surface area contributed by atoms with Crippen molar-refractivity contribution in [2.75, 3.05) is 33.3 Å². The molecule has 0 bridgehead atoms. The minimum atomic E-state index is 0.489. The smallest absolute Gasteiger partial charge is 0.0710 e. The van der Waals surface area contributed by atoms with Crippen LogP contribution in [0.1, 0.15) is 39.5 Å². The Hall–Kier alpha value is -0.120. The molecule has 1 atom stereocenters. The van der Waals surface area contributed by atoms with Gasteiger partial charge in [0, 0.05) is 26.2 Å². The Morgan fingerprint density at radius 2 is 2.12 bits per heavy atom. The molecular formula is C13H28N2O. The zero-order valence-corrected chi connectivity index (χ0v) is 11.2. The van der Waals surface area contributed by atoms with Crippen LogP contribution in [-0.2, 0) is 4.74 Å². The van der Waals surface area contributed by atoms with E-state index >= 15 is 0 Å². The summed E-state index contributed by atoms with van der Waals surface area (Å²) < 4.78 is 5.36. The summed E-state index contributed by atoms with van der Waals surface area (Å²) in [5.41, 5.74) is 0. The Bertz CT molecular complexity index is 173. The first-order chi connectivity index (χ1) is 7.72. The van der Waals surface area contributed by atoms with E-state index in [2.05, 4.69) is 24.1 Å². The van der Waals surface area contributed by atoms with E-state index in [1.54, 1.807) is 0 Å². The van der Waals surface area contributed by atoms with Crippen molar-refractivity contribution in [3.8, 4) is 0 Å². The number of ether oxygens (including phenoxy) is 1. The molecule has 1 heterocycles. The second-order valence-corrected chi connectivity index (χ2v) is 5.12. The molecule has 1 aliphatic heterocycles. The predicted molar refractivity (Wildman–Crippen MR) is 68.8 cm³/mol. The lowest BCUT2D eigenvalue weighted by atomic mass is 10.2. The molecule has 0 saturated carbocycles. The highest BCUT2D eigenvalue weighted by atomic mass is 16.5. The molecule has 0 spiro atoms. The maximum absolute atomic E-state index is 5.36. The van der Waals surface area contributed by atoms with Crippen molar-refractivity contribution in [1.82, 2.24) is 10.2 Å². The lowest BCUT2D eigenvalue weighted by molar-refractivity contribution is 0.108. The molecule has 1 saturated heterocycles. The van der Waals surface area contributed by atoms with Gasteiger partial charge in [-0.2, -0.15) is 0 Å². The van der Waals surface area contributed by atoms with Crippen molar-refractivity contribution in [1.29, 1.82) is 0 Å². The van der Waals surface area contributed by atoms with E-state index in [0.29, 0.717) is 12.1 Å². The van der Waals surface area contributed by atoms with Gasteiger partial charge in [-0.1, -0.05) is 20.3 Å². The number of likely N-dealkylation sites (tertiary alicyclic amines) is 1. The van der Waals surface area contributed by atoms with Crippen LogP contribution in [0.2, 0.25) is 0 Å². The van der Waals surface area contributed by atoms with Gasteiger partial charge in [0.25, 0.3) is 0 Å². The van der Waals surface area contributed by atoms with Crippen molar-refractivity contribution in [3.05, 3.63) is 0 Å². The number of hydrogen-bond donors (Lipinski definition) is 1. The number of methoxy groups -OCH3 is 1. The Morgan fingerprint density at radius 3 is 2.75 bits per heavy atom. The normalized spacial score (nSPS) is 22.1. The average molecular weight is 228 g/mol. The van der Waals surface area contributed by atoms with Crippen molar-refractivity contribution >= 4 is 0 Å². The van der Waals surface area contributed by atoms with Crippen LogP contribution in [0.15, 0.2) is 0 Å². The van der Waals surface area contributed by atoms with Crippen LogP contribution in [0.3, 0.4) is 0 Å². The Balaban J connectivity index is 1.88. The number of hydrogen-bond acceptors (Lipinski definition) is 3. The Labute approximate surface area is 101 Å². The van der Waals surface area contributed by atoms with Crippen LogP contribution in [0.25, 0.3) is 0 Å². The molecule has 1 aliphatic rings. The van der Waals surface area contributed by atoms with Gasteiger partial charge >= 0.3 is 0 Å². The van der Waals surface area contributed by atoms with Crippen LogP contribution in [0.5, 0.6) is 0 Å². The maximum atomic E-state index is 5.36. The van der Waals surface area contributed by atoms with Gasteiger partial charge in [0.15, 0.2) is 0 Å². The largest absolute Gasteiger partial charge is 0.380 e. The molecule has 1 unspecified atom stereocenters. The molecule has 0 aromatic heterocycles. The zero-order valence-electron chi connectivity index (χ0n) is 11.2. The molecule has 0 radical (unpaired) electrons. The fraction of sp³-hybridized carbons (Fsp3) is 1.00. The molecule has 96 valence electrons. The number of nitrogens with one attached hydrogen (secondary N) is 1. The Kier molecular flexibility index (Phi) is 7.01. The minimum absolute atomic E-state index is 0.489. The summed E-state index contributed by atoms with van der Waals surface area (Å²) >= 11 is 0. The molecule has 1 fully saturated rings. The van der Waals surface area contributed by atoms with Crippen molar-refractivity contribution in [2.24, 2.45) is 0 Å². The summed E-state index contributed by atoms with van der Waals surface area (Å²) in [5, 5.41) is 3.46. The summed E-state index contributed by atoms with van der Waals surface area (Å²) in [4.78, 5) is 2.53. The van der Waals surface area contributed by atoms with E-state index < -0.39 is 0 Å². The Morgan fingerprint density at radius 1 is 1.31 bits per heavy atom. The molecule has 0 aliphatic carbocycles. The van der Waals surface area contributed by atoms with Gasteiger partial charge in [-0.15, -0.1) is 0 Å². The SMILES string of the molecule is COC1CCN(CCCCCNC(C)C)C1. The lowest BCUT2D eigenvalue weighted by Crippen LogP contribution is -2.25. The fourth-order valence-corrected chi connectivity index (χ4v) is 2.22. The highest BCUT2D eigenvalue weighted by molar-refractivity contribution is 4.75. The monoisotopic (exact) mass is 228 g/mol. The minimum Gasteiger partial charge on any atom is -0.380 e. The molecular weight excluding hydrogens is 200 g/mol. The number of rotatable bonds is 8. The second kappa shape index (κ2) is 8.04. The molecule has 0 aromatic rings. The first kappa shape index (κ1) is 13.9. The lowest BCUT2D eigenvalue weighted by Gasteiger charge is -2.15. The van der Waals surface area contributed by atoms with E-state index in [9.17, 15) is 0 Å². The van der Waals surface area contributed by atoms with Gasteiger partial charge in [-0.3, -0.25) is 0 Å². The van der Waals surface area contributed by atoms with Gasteiger partial charge in [0.05, 0.1) is 6.10 Å². The maximum Gasteiger partial charge on any atom is 0.0710 e. The van der Waals surface area contributed by atoms with E-state index in [4.69, 9.17) is 4.74 Å². The predicted octanol–water partition coefficient (Wildman–Crippen LogP) is 1.88. The summed E-state index contributed by atoms with van der Waals surface area (Å²) in [7, 11) is 1.83. The topological polar surface area (TPSA) is 24.5 Å². The first-order valence-electron chi connectivity index (χ1n) is 6.71. The molecule has 3 heteroatoms. The molecule has 0 aromatic carbocycles. The third-order valence-electron chi connectivity index (χ3n) is 3.27. The van der Waals surface area contributed by atoms with Gasteiger partial charge in [-0.05, 0) is 32.4 Å². The number of unbranched alkanes of at least 4 members (excludes halogenated alkanes) is 2. The third-order valence-corrected chi connectivity index (χ3v) is 3.27. The zero-order chi connectivity index (χ0) is 11.8. The van der Waals surface area contributed by atoms with Crippen LogP contribution in [0.4, 0.5) is 0 Å². The van der Waals surface area contributed by atoms with Crippen LogP contribution in [0, 0.1) is 0 Å². The first-order valence-corrected chi connectivity index (χ1v) is 6.71. The summed E-state index contributed by atoms with van der Waals surface area (Å²) in [6.07, 6.45) is 5.68. The van der Waals surface area contributed by atoms with Gasteiger partial charge < -0.3 is 15.0 Å². The summed E-state index contributed by atoms with van der Waals surface area (Å²) in [5.74, 6) is 0. The molecule has 16 heavy (non-hydrogen) atoms. The quantitative estimate of drug-likeness (QED) is 0.642.